The maximum atomic E-state index is 11.4. The zero-order valence-corrected chi connectivity index (χ0v) is 14.5. The van der Waals surface area contributed by atoms with Crippen molar-refractivity contribution in [1.82, 2.24) is 5.32 Å². The molecule has 1 N–H and O–H groups in total. The van der Waals surface area contributed by atoms with Crippen LogP contribution in [0, 0.1) is 5.92 Å². The van der Waals surface area contributed by atoms with Crippen LogP contribution in [0.15, 0.2) is 34.1 Å². The van der Waals surface area contributed by atoms with Crippen LogP contribution in [0.4, 0.5) is 0 Å². The van der Waals surface area contributed by atoms with E-state index < -0.39 is 9.84 Å². The lowest BCUT2D eigenvalue weighted by atomic mass is 9.87. The van der Waals surface area contributed by atoms with Crippen molar-refractivity contribution < 1.29 is 8.42 Å². The Morgan fingerprint density at radius 1 is 1.24 bits per heavy atom. The van der Waals surface area contributed by atoms with Crippen molar-refractivity contribution in [3.8, 4) is 0 Å². The van der Waals surface area contributed by atoms with Crippen LogP contribution in [0.3, 0.4) is 0 Å². The summed E-state index contributed by atoms with van der Waals surface area (Å²) in [6.07, 6.45) is 6.56. The summed E-state index contributed by atoms with van der Waals surface area (Å²) in [6, 6.07) is 7.84. The van der Waals surface area contributed by atoms with Crippen molar-refractivity contribution >= 4 is 21.6 Å². The van der Waals surface area contributed by atoms with E-state index >= 15 is 0 Å². The maximum Gasteiger partial charge on any atom is 0.175 e. The quantitative estimate of drug-likeness (QED) is 0.643. The van der Waals surface area contributed by atoms with Crippen LogP contribution in [0.5, 0.6) is 0 Å². The molecule has 0 radical (unpaired) electrons. The van der Waals surface area contributed by atoms with E-state index in [0.29, 0.717) is 10.9 Å². The van der Waals surface area contributed by atoms with Gasteiger partial charge < -0.3 is 5.32 Å². The van der Waals surface area contributed by atoms with E-state index in [1.807, 2.05) is 12.1 Å². The van der Waals surface area contributed by atoms with E-state index in [2.05, 4.69) is 12.2 Å². The van der Waals surface area contributed by atoms with Crippen molar-refractivity contribution in [3.63, 3.8) is 0 Å². The van der Waals surface area contributed by atoms with Gasteiger partial charge in [-0.15, -0.1) is 11.8 Å². The standard InChI is InChI=1S/C16H25NO2S2/c1-13-4-3-5-14(12-13)17-10-11-20-15-6-8-16(9-7-15)21(2,18)19/h6-9,13-14,17H,3-5,10-12H2,1-2H3. The third-order valence-electron chi connectivity index (χ3n) is 3.99. The molecule has 0 aromatic heterocycles. The van der Waals surface area contributed by atoms with Crippen molar-refractivity contribution in [3.05, 3.63) is 24.3 Å². The van der Waals surface area contributed by atoms with Crippen LogP contribution in [0.2, 0.25) is 0 Å². The third-order valence-corrected chi connectivity index (χ3v) is 6.13. The zero-order chi connectivity index (χ0) is 15.3. The van der Waals surface area contributed by atoms with E-state index in [1.165, 1.54) is 31.9 Å². The molecule has 2 unspecified atom stereocenters. The minimum Gasteiger partial charge on any atom is -0.313 e. The molecule has 0 saturated heterocycles. The van der Waals surface area contributed by atoms with E-state index in [1.54, 1.807) is 23.9 Å². The minimum absolute atomic E-state index is 0.390. The second-order valence-electron chi connectivity index (χ2n) is 6.01. The van der Waals surface area contributed by atoms with Gasteiger partial charge in [-0.3, -0.25) is 0 Å². The first-order valence-corrected chi connectivity index (χ1v) is 10.5. The van der Waals surface area contributed by atoms with Gasteiger partial charge in [0.1, 0.15) is 0 Å². The molecule has 0 amide bonds. The van der Waals surface area contributed by atoms with Crippen LogP contribution in [-0.2, 0) is 9.84 Å². The first-order valence-electron chi connectivity index (χ1n) is 7.61. The number of sulfone groups is 1. The van der Waals surface area contributed by atoms with Gasteiger partial charge in [0.15, 0.2) is 9.84 Å². The van der Waals surface area contributed by atoms with Gasteiger partial charge in [0, 0.05) is 29.5 Å². The Balaban J connectivity index is 1.71. The second-order valence-corrected chi connectivity index (χ2v) is 9.20. The van der Waals surface area contributed by atoms with Crippen molar-refractivity contribution in [1.29, 1.82) is 0 Å². The lowest BCUT2D eigenvalue weighted by Gasteiger charge is -2.27. The number of thioether (sulfide) groups is 1. The van der Waals surface area contributed by atoms with Gasteiger partial charge >= 0.3 is 0 Å². The summed E-state index contributed by atoms with van der Waals surface area (Å²) in [5.74, 6) is 1.87. The normalized spacial score (nSPS) is 23.1. The number of rotatable bonds is 6. The monoisotopic (exact) mass is 327 g/mol. The summed E-state index contributed by atoms with van der Waals surface area (Å²) in [5.41, 5.74) is 0. The summed E-state index contributed by atoms with van der Waals surface area (Å²) in [4.78, 5) is 1.52. The zero-order valence-electron chi connectivity index (χ0n) is 12.8. The molecule has 0 heterocycles. The van der Waals surface area contributed by atoms with Crippen molar-refractivity contribution in [2.24, 2.45) is 5.92 Å². The van der Waals surface area contributed by atoms with Gasteiger partial charge in [-0.25, -0.2) is 8.42 Å². The molecular formula is C16H25NO2S2. The lowest BCUT2D eigenvalue weighted by Crippen LogP contribution is -2.34. The Morgan fingerprint density at radius 2 is 1.95 bits per heavy atom. The molecule has 2 rings (SSSR count). The summed E-state index contributed by atoms with van der Waals surface area (Å²) < 4.78 is 22.8. The fourth-order valence-electron chi connectivity index (χ4n) is 2.83. The predicted molar refractivity (Wildman–Crippen MR) is 89.7 cm³/mol. The molecule has 3 nitrogen and oxygen atoms in total. The SMILES string of the molecule is CC1CCCC(NCCSc2ccc(S(C)(=O)=O)cc2)C1. The number of hydrogen-bond acceptors (Lipinski definition) is 4. The average molecular weight is 328 g/mol. The predicted octanol–water partition coefficient (Wildman–Crippen LogP) is 3.35. The first kappa shape index (κ1) is 16.8. The molecule has 0 aliphatic heterocycles. The van der Waals surface area contributed by atoms with Crippen molar-refractivity contribution in [2.75, 3.05) is 18.6 Å². The van der Waals surface area contributed by atoms with E-state index in [4.69, 9.17) is 0 Å². The molecular weight excluding hydrogens is 302 g/mol. The second kappa shape index (κ2) is 7.65. The van der Waals surface area contributed by atoms with Crippen molar-refractivity contribution in [2.45, 2.75) is 48.4 Å². The molecule has 0 spiro atoms. The molecule has 1 aromatic carbocycles. The molecule has 1 aliphatic carbocycles. The molecule has 0 bridgehead atoms. The maximum absolute atomic E-state index is 11.4. The molecule has 118 valence electrons. The summed E-state index contributed by atoms with van der Waals surface area (Å²) in [5, 5.41) is 3.64. The fraction of sp³-hybridized carbons (Fsp3) is 0.625. The molecule has 5 heteroatoms. The Morgan fingerprint density at radius 3 is 2.57 bits per heavy atom. The third kappa shape index (κ3) is 5.64. The van der Waals surface area contributed by atoms with Crippen LogP contribution in [0.25, 0.3) is 0 Å². The van der Waals surface area contributed by atoms with Crippen LogP contribution >= 0.6 is 11.8 Å². The summed E-state index contributed by atoms with van der Waals surface area (Å²) >= 11 is 1.77. The first-order chi connectivity index (χ1) is 9.95. The molecule has 1 fully saturated rings. The molecule has 1 saturated carbocycles. The van der Waals surface area contributed by atoms with Crippen LogP contribution in [0.1, 0.15) is 32.6 Å². The highest BCUT2D eigenvalue weighted by atomic mass is 32.2. The van der Waals surface area contributed by atoms with Gasteiger partial charge in [-0.1, -0.05) is 19.8 Å². The lowest BCUT2D eigenvalue weighted by molar-refractivity contribution is 0.306. The number of hydrogen-bond donors (Lipinski definition) is 1. The number of benzene rings is 1. The molecule has 1 aliphatic rings. The molecule has 2 atom stereocenters. The fourth-order valence-corrected chi connectivity index (χ4v) is 4.25. The highest BCUT2D eigenvalue weighted by molar-refractivity contribution is 7.99. The molecule has 21 heavy (non-hydrogen) atoms. The Kier molecular flexibility index (Phi) is 6.14. The summed E-state index contributed by atoms with van der Waals surface area (Å²) in [7, 11) is -3.09. The average Bonchev–Trinajstić information content (AvgIpc) is 2.43. The summed E-state index contributed by atoms with van der Waals surface area (Å²) in [6.45, 7) is 3.35. The van der Waals surface area contributed by atoms with E-state index in [-0.39, 0.29) is 0 Å². The largest absolute Gasteiger partial charge is 0.313 e. The minimum atomic E-state index is -3.09. The Bertz CT molecular complexity index is 540. The van der Waals surface area contributed by atoms with Crippen LogP contribution < -0.4 is 5.32 Å². The highest BCUT2D eigenvalue weighted by Gasteiger charge is 2.17. The van der Waals surface area contributed by atoms with Gasteiger partial charge in [-0.05, 0) is 43.0 Å². The Hall–Kier alpha value is -0.520. The highest BCUT2D eigenvalue weighted by Crippen LogP contribution is 2.24. The van der Waals surface area contributed by atoms with Gasteiger partial charge in [0.2, 0.25) is 0 Å². The van der Waals surface area contributed by atoms with E-state index in [0.717, 1.165) is 23.1 Å². The Labute approximate surface area is 132 Å². The topological polar surface area (TPSA) is 46.2 Å². The smallest absolute Gasteiger partial charge is 0.175 e. The van der Waals surface area contributed by atoms with Crippen LogP contribution in [-0.4, -0.2) is 33.0 Å². The molecule has 1 aromatic rings. The van der Waals surface area contributed by atoms with Gasteiger partial charge in [0.25, 0.3) is 0 Å². The van der Waals surface area contributed by atoms with Gasteiger partial charge in [-0.2, -0.15) is 0 Å². The number of nitrogens with one attached hydrogen (secondary N) is 1. The van der Waals surface area contributed by atoms with E-state index in [9.17, 15) is 8.42 Å². The van der Waals surface area contributed by atoms with Gasteiger partial charge in [0.05, 0.1) is 4.90 Å².